The van der Waals surface area contributed by atoms with Crippen LogP contribution in [0, 0.1) is 0 Å². The first kappa shape index (κ1) is 17.3. The van der Waals surface area contributed by atoms with Crippen LogP contribution in [0.5, 0.6) is 0 Å². The second-order valence-corrected chi connectivity index (χ2v) is 5.85. The van der Waals surface area contributed by atoms with Gasteiger partial charge in [-0.2, -0.15) is 14.8 Å². The summed E-state index contributed by atoms with van der Waals surface area (Å²) >= 11 is 3.34. The van der Waals surface area contributed by atoms with E-state index in [0.717, 1.165) is 4.68 Å². The van der Waals surface area contributed by atoms with Gasteiger partial charge in [0.05, 0.1) is 6.20 Å². The molecule has 0 unspecified atom stereocenters. The number of rotatable bonds is 4. The summed E-state index contributed by atoms with van der Waals surface area (Å²) in [6, 6.07) is 0. The number of nitrogen functional groups attached to an aromatic ring is 1. The van der Waals surface area contributed by atoms with E-state index in [1.54, 1.807) is 0 Å². The smallest absolute Gasteiger partial charge is 0.368 e. The average molecular weight is 391 g/mol. The van der Waals surface area contributed by atoms with Crippen molar-refractivity contribution in [1.82, 2.24) is 14.8 Å². The third-order valence-electron chi connectivity index (χ3n) is 3.00. The lowest BCUT2D eigenvalue weighted by atomic mass is 10.2. The molecule has 1 aliphatic rings. The third-order valence-corrected chi connectivity index (χ3v) is 3.97. The van der Waals surface area contributed by atoms with Crippen molar-refractivity contribution in [2.45, 2.75) is 37.1 Å². The van der Waals surface area contributed by atoms with Crippen LogP contribution in [0.3, 0.4) is 0 Å². The molecule has 0 bridgehead atoms. The fraction of sp³-hybridized carbons (Fsp3) is 0.583. The maximum Gasteiger partial charge on any atom is 0.368 e. The van der Waals surface area contributed by atoms with Crippen LogP contribution in [0.2, 0.25) is 0 Å². The standard InChI is InChI=1S/C12H15BrN4O6/c1-5(18)21-4-7-10(22-6(2)19)9(13)11(23-7)17-12(20)16-8(14)3-15-17/h3,7,9-11H,4H2,1-2H3,(H2,14,16,20)/t7-,9+,10-,11-/m1/s1. The Kier molecular flexibility index (Phi) is 5.31. The summed E-state index contributed by atoms with van der Waals surface area (Å²) in [5, 5.41) is 3.87. The summed E-state index contributed by atoms with van der Waals surface area (Å²) in [5.74, 6) is -1.06. The molecule has 0 spiro atoms. The predicted molar refractivity (Wildman–Crippen MR) is 79.5 cm³/mol. The highest BCUT2D eigenvalue weighted by molar-refractivity contribution is 9.09. The van der Waals surface area contributed by atoms with Crippen LogP contribution >= 0.6 is 15.9 Å². The molecular weight excluding hydrogens is 376 g/mol. The first-order valence-corrected chi connectivity index (χ1v) is 7.52. The molecule has 0 radical (unpaired) electrons. The molecule has 0 aromatic carbocycles. The lowest BCUT2D eigenvalue weighted by molar-refractivity contribution is -0.155. The zero-order chi connectivity index (χ0) is 17.1. The van der Waals surface area contributed by atoms with Gasteiger partial charge in [-0.25, -0.2) is 4.79 Å². The molecule has 1 saturated heterocycles. The van der Waals surface area contributed by atoms with E-state index < -0.39 is 40.9 Å². The Morgan fingerprint density at radius 3 is 2.70 bits per heavy atom. The summed E-state index contributed by atoms with van der Waals surface area (Å²) in [6.45, 7) is 2.35. The number of carbonyl (C=O) groups excluding carboxylic acids is 2. The fourth-order valence-corrected chi connectivity index (χ4v) is 2.89. The van der Waals surface area contributed by atoms with E-state index in [9.17, 15) is 14.4 Å². The van der Waals surface area contributed by atoms with E-state index in [2.05, 4.69) is 26.0 Å². The Morgan fingerprint density at radius 2 is 2.13 bits per heavy atom. The van der Waals surface area contributed by atoms with E-state index in [1.807, 2.05) is 0 Å². The minimum absolute atomic E-state index is 0.0247. The fourth-order valence-electron chi connectivity index (χ4n) is 2.09. The predicted octanol–water partition coefficient (Wildman–Crippen LogP) is -0.624. The van der Waals surface area contributed by atoms with Crippen LogP contribution in [0.1, 0.15) is 20.1 Å². The van der Waals surface area contributed by atoms with E-state index in [1.165, 1.54) is 20.0 Å². The Hall–Kier alpha value is -2.01. The molecular formula is C12H15BrN4O6. The van der Waals surface area contributed by atoms with E-state index >= 15 is 0 Å². The van der Waals surface area contributed by atoms with Crippen LogP contribution in [0.25, 0.3) is 0 Å². The molecule has 1 aromatic heterocycles. The number of anilines is 1. The number of ether oxygens (including phenoxy) is 3. The van der Waals surface area contributed by atoms with Gasteiger partial charge in [0, 0.05) is 13.8 Å². The van der Waals surface area contributed by atoms with Crippen LogP contribution in [-0.4, -0.2) is 50.3 Å². The van der Waals surface area contributed by atoms with Gasteiger partial charge in [-0.3, -0.25) is 9.59 Å². The highest BCUT2D eigenvalue weighted by Gasteiger charge is 2.47. The first-order valence-electron chi connectivity index (χ1n) is 6.61. The topological polar surface area (TPSA) is 136 Å². The SMILES string of the molecule is CC(=O)OC[C@H]1O[C@@H](n2ncc(N)nc2=O)[C@@H](Br)[C@@H]1OC(C)=O. The first-order chi connectivity index (χ1) is 10.8. The second-order valence-electron chi connectivity index (χ2n) is 4.79. The van der Waals surface area contributed by atoms with Gasteiger partial charge in [0.2, 0.25) is 0 Å². The van der Waals surface area contributed by atoms with Gasteiger partial charge < -0.3 is 19.9 Å². The van der Waals surface area contributed by atoms with Crippen LogP contribution in [0.15, 0.2) is 11.0 Å². The number of alkyl halides is 1. The average Bonchev–Trinajstić information content (AvgIpc) is 2.73. The van der Waals surface area contributed by atoms with Gasteiger partial charge in [-0.15, -0.1) is 0 Å². The van der Waals surface area contributed by atoms with E-state index in [4.69, 9.17) is 19.9 Å². The molecule has 2 rings (SSSR count). The molecule has 11 heteroatoms. The molecule has 0 saturated carbocycles. The Balaban J connectivity index is 2.26. The number of hydrogen-bond acceptors (Lipinski definition) is 9. The largest absolute Gasteiger partial charge is 0.463 e. The van der Waals surface area contributed by atoms with Crippen molar-refractivity contribution in [3.8, 4) is 0 Å². The van der Waals surface area contributed by atoms with Gasteiger partial charge in [0.25, 0.3) is 0 Å². The zero-order valence-electron chi connectivity index (χ0n) is 12.3. The van der Waals surface area contributed by atoms with Gasteiger partial charge in [-0.05, 0) is 0 Å². The van der Waals surface area contributed by atoms with Gasteiger partial charge >= 0.3 is 17.6 Å². The van der Waals surface area contributed by atoms with Crippen molar-refractivity contribution in [3.05, 3.63) is 16.7 Å². The number of carbonyl (C=O) groups is 2. The third kappa shape index (κ3) is 4.05. The number of hydrogen-bond donors (Lipinski definition) is 1. The van der Waals surface area contributed by atoms with Gasteiger partial charge in [-0.1, -0.05) is 15.9 Å². The number of nitrogens with zero attached hydrogens (tertiary/aromatic N) is 3. The molecule has 4 atom stereocenters. The number of nitrogens with two attached hydrogens (primary N) is 1. The van der Waals surface area contributed by atoms with E-state index in [0.29, 0.717) is 0 Å². The molecule has 2 N–H and O–H groups in total. The maximum atomic E-state index is 11.9. The van der Waals surface area contributed by atoms with Crippen molar-refractivity contribution in [2.75, 3.05) is 12.3 Å². The highest BCUT2D eigenvalue weighted by Crippen LogP contribution is 2.35. The molecule has 1 fully saturated rings. The Morgan fingerprint density at radius 1 is 1.43 bits per heavy atom. The summed E-state index contributed by atoms with van der Waals surface area (Å²) in [6.07, 6.45) is -1.24. The molecule has 2 heterocycles. The van der Waals surface area contributed by atoms with Crippen LogP contribution in [-0.2, 0) is 23.8 Å². The molecule has 0 amide bonds. The molecule has 126 valence electrons. The maximum absolute atomic E-state index is 11.9. The van der Waals surface area contributed by atoms with Crippen LogP contribution in [0.4, 0.5) is 5.82 Å². The molecule has 0 aliphatic carbocycles. The van der Waals surface area contributed by atoms with Crippen molar-refractivity contribution < 1.29 is 23.8 Å². The summed E-state index contributed by atoms with van der Waals surface area (Å²) in [4.78, 5) is 37.1. The Bertz CT molecular complexity index is 665. The Labute approximate surface area is 139 Å². The van der Waals surface area contributed by atoms with Crippen LogP contribution < -0.4 is 11.4 Å². The normalized spacial score (nSPS) is 26.7. The molecule has 1 aliphatic heterocycles. The molecule has 23 heavy (non-hydrogen) atoms. The summed E-state index contributed by atoms with van der Waals surface area (Å²) < 4.78 is 16.7. The van der Waals surface area contributed by atoms with Crippen molar-refractivity contribution in [2.24, 2.45) is 0 Å². The number of aromatic nitrogens is 3. The lowest BCUT2D eigenvalue weighted by Crippen LogP contribution is -2.37. The van der Waals surface area contributed by atoms with Gasteiger partial charge in [0.1, 0.15) is 29.5 Å². The number of halogens is 1. The van der Waals surface area contributed by atoms with E-state index in [-0.39, 0.29) is 12.4 Å². The van der Waals surface area contributed by atoms with Gasteiger partial charge in [0.15, 0.2) is 6.23 Å². The minimum Gasteiger partial charge on any atom is -0.463 e. The second kappa shape index (κ2) is 7.04. The monoisotopic (exact) mass is 390 g/mol. The zero-order valence-corrected chi connectivity index (χ0v) is 13.9. The van der Waals surface area contributed by atoms with Crippen molar-refractivity contribution in [1.29, 1.82) is 0 Å². The highest BCUT2D eigenvalue weighted by atomic mass is 79.9. The van der Waals surface area contributed by atoms with Crippen molar-refractivity contribution in [3.63, 3.8) is 0 Å². The number of esters is 2. The minimum atomic E-state index is -0.902. The summed E-state index contributed by atoms with van der Waals surface area (Å²) in [7, 11) is 0. The molecule has 10 nitrogen and oxygen atoms in total. The molecule has 1 aromatic rings. The van der Waals surface area contributed by atoms with Crippen molar-refractivity contribution >= 4 is 33.7 Å². The lowest BCUT2D eigenvalue weighted by Gasteiger charge is -2.19. The summed E-state index contributed by atoms with van der Waals surface area (Å²) in [5.41, 5.74) is 4.68. The quantitative estimate of drug-likeness (QED) is 0.526.